The third kappa shape index (κ3) is 3.64. The van der Waals surface area contributed by atoms with Crippen molar-refractivity contribution < 1.29 is 4.79 Å². The average molecular weight is 330 g/mol. The van der Waals surface area contributed by atoms with Crippen molar-refractivity contribution in [3.8, 4) is 0 Å². The lowest BCUT2D eigenvalue weighted by Crippen LogP contribution is -2.40. The molecule has 0 bridgehead atoms. The fourth-order valence-corrected chi connectivity index (χ4v) is 3.95. The summed E-state index contributed by atoms with van der Waals surface area (Å²) < 4.78 is 2.05. The lowest BCUT2D eigenvalue weighted by atomic mass is 10.1. The Labute approximate surface area is 140 Å². The Kier molecular flexibility index (Phi) is 4.18. The van der Waals surface area contributed by atoms with E-state index in [9.17, 15) is 4.79 Å². The second-order valence-corrected chi connectivity index (χ2v) is 7.65. The van der Waals surface area contributed by atoms with Gasteiger partial charge in [0.05, 0.1) is 24.7 Å². The highest BCUT2D eigenvalue weighted by molar-refractivity contribution is 7.09. The van der Waals surface area contributed by atoms with Gasteiger partial charge in [0, 0.05) is 30.7 Å². The first kappa shape index (κ1) is 14.9. The molecule has 5 nitrogen and oxygen atoms in total. The number of nitrogens with zero attached hydrogens (tertiary/aromatic N) is 3. The van der Waals surface area contributed by atoms with Crippen LogP contribution in [-0.4, -0.2) is 33.7 Å². The van der Waals surface area contributed by atoms with Crippen LogP contribution in [-0.2, 0) is 17.9 Å². The second-order valence-electron chi connectivity index (χ2n) is 6.62. The number of carbonyl (C=O) groups excluding carboxylic acids is 1. The molecule has 1 unspecified atom stereocenters. The lowest BCUT2D eigenvalue weighted by molar-refractivity contribution is -0.122. The van der Waals surface area contributed by atoms with Crippen molar-refractivity contribution in [2.45, 2.75) is 38.4 Å². The minimum absolute atomic E-state index is 0.109. The molecule has 122 valence electrons. The molecule has 2 aromatic heterocycles. The molecule has 0 radical (unpaired) electrons. The summed E-state index contributed by atoms with van der Waals surface area (Å²) in [6.45, 7) is 3.68. The third-order valence-electron chi connectivity index (χ3n) is 4.63. The van der Waals surface area contributed by atoms with Crippen LogP contribution in [0.4, 0.5) is 0 Å². The largest absolute Gasteiger partial charge is 0.351 e. The van der Waals surface area contributed by atoms with E-state index >= 15 is 0 Å². The Hall–Kier alpha value is -1.66. The number of nitrogens with one attached hydrogen (secondary N) is 1. The first-order valence-corrected chi connectivity index (χ1v) is 9.20. The van der Waals surface area contributed by atoms with Crippen LogP contribution in [0, 0.1) is 5.92 Å². The zero-order chi connectivity index (χ0) is 15.6. The Morgan fingerprint density at radius 2 is 2.30 bits per heavy atom. The first-order chi connectivity index (χ1) is 11.3. The lowest BCUT2D eigenvalue weighted by Gasteiger charge is -2.33. The summed E-state index contributed by atoms with van der Waals surface area (Å²) in [5, 5.41) is 9.51. The molecule has 0 spiro atoms. The summed E-state index contributed by atoms with van der Waals surface area (Å²) in [5.74, 6) is 0.982. The molecule has 6 heteroatoms. The van der Waals surface area contributed by atoms with Crippen LogP contribution in [0.2, 0.25) is 0 Å². The maximum atomic E-state index is 12.3. The van der Waals surface area contributed by atoms with E-state index in [4.69, 9.17) is 0 Å². The normalized spacial score (nSPS) is 21.1. The van der Waals surface area contributed by atoms with Crippen LogP contribution < -0.4 is 5.32 Å². The Morgan fingerprint density at radius 3 is 3.09 bits per heavy atom. The number of amides is 1. The number of thiophene rings is 1. The minimum Gasteiger partial charge on any atom is -0.351 e. The second kappa shape index (κ2) is 6.45. The van der Waals surface area contributed by atoms with E-state index < -0.39 is 0 Å². The van der Waals surface area contributed by atoms with E-state index in [1.807, 2.05) is 22.3 Å². The van der Waals surface area contributed by atoms with Gasteiger partial charge in [-0.25, -0.2) is 0 Å². The maximum absolute atomic E-state index is 12.3. The quantitative estimate of drug-likeness (QED) is 0.885. The van der Waals surface area contributed by atoms with Crippen molar-refractivity contribution in [3.05, 3.63) is 40.3 Å². The summed E-state index contributed by atoms with van der Waals surface area (Å²) in [6.07, 6.45) is 5.08. The summed E-state index contributed by atoms with van der Waals surface area (Å²) >= 11 is 1.67. The Bertz CT molecular complexity index is 662. The van der Waals surface area contributed by atoms with Gasteiger partial charge in [-0.3, -0.25) is 14.4 Å². The minimum atomic E-state index is 0.109. The SMILES string of the molecule is O=C(CC1CN(CC2CC2)Cc2ccnn21)NCc1cccs1. The smallest absolute Gasteiger partial charge is 0.222 e. The fourth-order valence-electron chi connectivity index (χ4n) is 3.31. The molecule has 0 aromatic carbocycles. The van der Waals surface area contributed by atoms with Crippen LogP contribution >= 0.6 is 11.3 Å². The van der Waals surface area contributed by atoms with Crippen LogP contribution in [0.25, 0.3) is 0 Å². The molecule has 1 aliphatic heterocycles. The highest BCUT2D eigenvalue weighted by Crippen LogP contribution is 2.32. The summed E-state index contributed by atoms with van der Waals surface area (Å²) in [7, 11) is 0. The molecule has 2 aromatic rings. The number of carbonyl (C=O) groups is 1. The first-order valence-electron chi connectivity index (χ1n) is 8.32. The van der Waals surface area contributed by atoms with Crippen LogP contribution in [0.3, 0.4) is 0 Å². The average Bonchev–Trinajstić information content (AvgIpc) is 3.03. The topological polar surface area (TPSA) is 50.2 Å². The molecule has 4 rings (SSSR count). The van der Waals surface area contributed by atoms with Crippen molar-refractivity contribution >= 4 is 17.2 Å². The van der Waals surface area contributed by atoms with Gasteiger partial charge in [0.25, 0.3) is 0 Å². The maximum Gasteiger partial charge on any atom is 0.222 e. The van der Waals surface area contributed by atoms with Gasteiger partial charge >= 0.3 is 0 Å². The summed E-state index contributed by atoms with van der Waals surface area (Å²) in [4.78, 5) is 16.0. The van der Waals surface area contributed by atoms with E-state index in [1.165, 1.54) is 30.0 Å². The summed E-state index contributed by atoms with van der Waals surface area (Å²) in [6, 6.07) is 6.29. The van der Waals surface area contributed by atoms with Gasteiger partial charge in [0.2, 0.25) is 5.91 Å². The zero-order valence-electron chi connectivity index (χ0n) is 13.1. The number of hydrogen-bond acceptors (Lipinski definition) is 4. The molecule has 23 heavy (non-hydrogen) atoms. The number of hydrogen-bond donors (Lipinski definition) is 1. The van der Waals surface area contributed by atoms with Crippen LogP contribution in [0.5, 0.6) is 0 Å². The molecule has 2 aliphatic rings. The van der Waals surface area contributed by atoms with Crippen molar-refractivity contribution in [2.75, 3.05) is 13.1 Å². The highest BCUT2D eigenvalue weighted by atomic mass is 32.1. The van der Waals surface area contributed by atoms with Gasteiger partial charge < -0.3 is 5.32 Å². The fraction of sp³-hybridized carbons (Fsp3) is 0.529. The highest BCUT2D eigenvalue weighted by Gasteiger charge is 2.31. The molecule has 1 N–H and O–H groups in total. The van der Waals surface area contributed by atoms with Crippen molar-refractivity contribution in [1.29, 1.82) is 0 Å². The van der Waals surface area contributed by atoms with Gasteiger partial charge in [-0.05, 0) is 36.3 Å². The van der Waals surface area contributed by atoms with E-state index in [-0.39, 0.29) is 11.9 Å². The number of aromatic nitrogens is 2. The molecule has 1 saturated carbocycles. The number of rotatable bonds is 6. The van der Waals surface area contributed by atoms with Gasteiger partial charge in [-0.15, -0.1) is 11.3 Å². The van der Waals surface area contributed by atoms with E-state index in [2.05, 4.69) is 27.4 Å². The molecule has 1 atom stereocenters. The van der Waals surface area contributed by atoms with Crippen LogP contribution in [0.1, 0.15) is 35.9 Å². The molecule has 0 saturated heterocycles. The molecule has 1 amide bonds. The van der Waals surface area contributed by atoms with Gasteiger partial charge in [-0.1, -0.05) is 6.07 Å². The molecule has 1 aliphatic carbocycles. The third-order valence-corrected chi connectivity index (χ3v) is 5.50. The predicted molar refractivity (Wildman–Crippen MR) is 90.0 cm³/mol. The summed E-state index contributed by atoms with van der Waals surface area (Å²) in [5.41, 5.74) is 1.23. The van der Waals surface area contributed by atoms with E-state index in [0.717, 1.165) is 19.0 Å². The van der Waals surface area contributed by atoms with Crippen molar-refractivity contribution in [3.63, 3.8) is 0 Å². The Morgan fingerprint density at radius 1 is 1.39 bits per heavy atom. The number of fused-ring (bicyclic) bond motifs is 1. The van der Waals surface area contributed by atoms with Crippen molar-refractivity contribution in [1.82, 2.24) is 20.0 Å². The van der Waals surface area contributed by atoms with Gasteiger partial charge in [-0.2, -0.15) is 5.10 Å². The molecule has 3 heterocycles. The van der Waals surface area contributed by atoms with Gasteiger partial charge in [0.1, 0.15) is 0 Å². The molecule has 1 fully saturated rings. The van der Waals surface area contributed by atoms with Crippen molar-refractivity contribution in [2.24, 2.45) is 5.92 Å². The molecular formula is C17H22N4OS. The monoisotopic (exact) mass is 330 g/mol. The standard InChI is InChI=1S/C17H22N4OS/c22-17(18-9-16-2-1-7-23-16)8-15-12-20(10-13-3-4-13)11-14-5-6-19-21(14)15/h1-2,5-7,13,15H,3-4,8-12H2,(H,18,22). The van der Waals surface area contributed by atoms with Gasteiger partial charge in [0.15, 0.2) is 0 Å². The van der Waals surface area contributed by atoms with E-state index in [1.54, 1.807) is 11.3 Å². The van der Waals surface area contributed by atoms with E-state index in [0.29, 0.717) is 13.0 Å². The Balaban J connectivity index is 1.37. The zero-order valence-corrected chi connectivity index (χ0v) is 14.0. The predicted octanol–water partition coefficient (Wildman–Crippen LogP) is 2.42. The van der Waals surface area contributed by atoms with Crippen LogP contribution in [0.15, 0.2) is 29.8 Å². The molecular weight excluding hydrogens is 308 g/mol.